The first-order valence-corrected chi connectivity index (χ1v) is 8.36. The van der Waals surface area contributed by atoms with E-state index in [0.717, 1.165) is 30.8 Å². The first-order chi connectivity index (χ1) is 9.97. The van der Waals surface area contributed by atoms with Gasteiger partial charge < -0.3 is 10.3 Å². The highest BCUT2D eigenvalue weighted by Gasteiger charge is 2.09. The minimum atomic E-state index is -3.62. The number of nitrogens with one attached hydrogen (secondary N) is 2. The minimum Gasteiger partial charge on any atom is -0.349 e. The quantitative estimate of drug-likeness (QED) is 0.672. The van der Waals surface area contributed by atoms with Gasteiger partial charge in [0.1, 0.15) is 5.82 Å². The SMILES string of the molecule is CC(NCCCc1ncc[nH]1)c1ccc(S(N)(=O)=O)cc1. The number of aromatic amines is 1. The maximum absolute atomic E-state index is 11.2. The first-order valence-electron chi connectivity index (χ1n) is 6.81. The Labute approximate surface area is 124 Å². The summed E-state index contributed by atoms with van der Waals surface area (Å²) in [4.78, 5) is 7.38. The van der Waals surface area contributed by atoms with E-state index in [1.807, 2.05) is 13.1 Å². The zero-order valence-electron chi connectivity index (χ0n) is 11.9. The lowest BCUT2D eigenvalue weighted by molar-refractivity contribution is 0.554. The fourth-order valence-corrected chi connectivity index (χ4v) is 2.59. The number of rotatable bonds is 7. The van der Waals surface area contributed by atoms with Crippen LogP contribution in [0.5, 0.6) is 0 Å². The van der Waals surface area contributed by atoms with Crippen molar-refractivity contribution in [3.05, 3.63) is 48.0 Å². The van der Waals surface area contributed by atoms with Crippen molar-refractivity contribution in [3.8, 4) is 0 Å². The van der Waals surface area contributed by atoms with Gasteiger partial charge in [-0.05, 0) is 37.6 Å². The lowest BCUT2D eigenvalue weighted by Gasteiger charge is -2.14. The van der Waals surface area contributed by atoms with Crippen LogP contribution in [0.15, 0.2) is 41.6 Å². The first kappa shape index (κ1) is 15.7. The Morgan fingerprint density at radius 2 is 2.05 bits per heavy atom. The van der Waals surface area contributed by atoms with E-state index in [-0.39, 0.29) is 10.9 Å². The topological polar surface area (TPSA) is 101 Å². The molecule has 4 N–H and O–H groups in total. The van der Waals surface area contributed by atoms with Gasteiger partial charge in [-0.1, -0.05) is 12.1 Å². The largest absolute Gasteiger partial charge is 0.349 e. The van der Waals surface area contributed by atoms with Crippen molar-refractivity contribution in [1.82, 2.24) is 15.3 Å². The number of sulfonamides is 1. The Morgan fingerprint density at radius 3 is 2.62 bits per heavy atom. The van der Waals surface area contributed by atoms with E-state index in [1.54, 1.807) is 18.3 Å². The molecule has 0 saturated carbocycles. The van der Waals surface area contributed by atoms with Gasteiger partial charge in [-0.3, -0.25) is 0 Å². The second kappa shape index (κ2) is 6.84. The third-order valence-electron chi connectivity index (χ3n) is 3.30. The molecule has 21 heavy (non-hydrogen) atoms. The van der Waals surface area contributed by atoms with Crippen molar-refractivity contribution in [2.45, 2.75) is 30.7 Å². The van der Waals surface area contributed by atoms with E-state index in [4.69, 9.17) is 5.14 Å². The average molecular weight is 308 g/mol. The Balaban J connectivity index is 1.81. The molecule has 1 heterocycles. The number of aryl methyl sites for hydroxylation is 1. The summed E-state index contributed by atoms with van der Waals surface area (Å²) in [5, 5.41) is 8.47. The summed E-state index contributed by atoms with van der Waals surface area (Å²) < 4.78 is 22.4. The van der Waals surface area contributed by atoms with Gasteiger partial charge >= 0.3 is 0 Å². The fraction of sp³-hybridized carbons (Fsp3) is 0.357. The van der Waals surface area contributed by atoms with E-state index in [0.29, 0.717) is 0 Å². The van der Waals surface area contributed by atoms with Crippen LogP contribution in [0.1, 0.15) is 30.8 Å². The van der Waals surface area contributed by atoms with Crippen LogP contribution < -0.4 is 10.5 Å². The van der Waals surface area contributed by atoms with E-state index in [1.165, 1.54) is 12.1 Å². The van der Waals surface area contributed by atoms with Crippen LogP contribution in [-0.2, 0) is 16.4 Å². The van der Waals surface area contributed by atoms with E-state index >= 15 is 0 Å². The van der Waals surface area contributed by atoms with Crippen LogP contribution in [0.2, 0.25) is 0 Å². The maximum atomic E-state index is 11.2. The number of aromatic nitrogens is 2. The number of nitrogens with two attached hydrogens (primary N) is 1. The van der Waals surface area contributed by atoms with Crippen molar-refractivity contribution in [2.24, 2.45) is 5.14 Å². The number of nitrogens with zero attached hydrogens (tertiary/aromatic N) is 1. The Kier molecular flexibility index (Phi) is 5.11. The van der Waals surface area contributed by atoms with Gasteiger partial charge in [0, 0.05) is 24.9 Å². The lowest BCUT2D eigenvalue weighted by Crippen LogP contribution is -2.20. The van der Waals surface area contributed by atoms with Gasteiger partial charge in [0.2, 0.25) is 10.0 Å². The average Bonchev–Trinajstić information content (AvgIpc) is 2.96. The zero-order chi connectivity index (χ0) is 15.3. The number of H-pyrrole nitrogens is 1. The molecule has 0 fully saturated rings. The standard InChI is InChI=1S/C14H20N4O2S/c1-11(16-8-2-3-14-17-9-10-18-14)12-4-6-13(7-5-12)21(15,19)20/h4-7,9-11,16H,2-3,8H2,1H3,(H,17,18)(H2,15,19,20). The Hall–Kier alpha value is -1.70. The summed E-state index contributed by atoms with van der Waals surface area (Å²) in [7, 11) is -3.62. The minimum absolute atomic E-state index is 0.135. The molecule has 0 aliphatic carbocycles. The molecular formula is C14H20N4O2S. The molecular weight excluding hydrogens is 288 g/mol. The Morgan fingerprint density at radius 1 is 1.33 bits per heavy atom. The number of hydrogen-bond donors (Lipinski definition) is 3. The molecule has 1 atom stereocenters. The highest BCUT2D eigenvalue weighted by Crippen LogP contribution is 2.15. The molecule has 2 rings (SSSR count). The van der Waals surface area contributed by atoms with Crippen molar-refractivity contribution in [1.29, 1.82) is 0 Å². The molecule has 6 nitrogen and oxygen atoms in total. The molecule has 0 aliphatic rings. The highest BCUT2D eigenvalue weighted by atomic mass is 32.2. The number of hydrogen-bond acceptors (Lipinski definition) is 4. The van der Waals surface area contributed by atoms with Gasteiger partial charge in [-0.15, -0.1) is 0 Å². The predicted octanol–water partition coefficient (Wildman–Crippen LogP) is 1.34. The summed E-state index contributed by atoms with van der Waals surface area (Å²) in [5.74, 6) is 0.988. The summed E-state index contributed by atoms with van der Waals surface area (Å²) >= 11 is 0. The fourth-order valence-electron chi connectivity index (χ4n) is 2.07. The number of primary sulfonamides is 1. The third-order valence-corrected chi connectivity index (χ3v) is 4.23. The Bertz CT molecular complexity index is 651. The monoisotopic (exact) mass is 308 g/mol. The summed E-state index contributed by atoms with van der Waals surface area (Å²) in [5.41, 5.74) is 1.03. The van der Waals surface area contributed by atoms with Gasteiger partial charge in [0.25, 0.3) is 0 Å². The van der Waals surface area contributed by atoms with Crippen LogP contribution in [0.3, 0.4) is 0 Å². The van der Waals surface area contributed by atoms with Crippen LogP contribution in [0.25, 0.3) is 0 Å². The van der Waals surface area contributed by atoms with Gasteiger partial charge in [-0.2, -0.15) is 0 Å². The van der Waals surface area contributed by atoms with Gasteiger partial charge in [-0.25, -0.2) is 18.5 Å². The molecule has 2 aromatic rings. The lowest BCUT2D eigenvalue weighted by atomic mass is 10.1. The zero-order valence-corrected chi connectivity index (χ0v) is 12.7. The van der Waals surface area contributed by atoms with Gasteiger partial charge in [0.15, 0.2) is 0 Å². The second-order valence-corrected chi connectivity index (χ2v) is 6.49. The maximum Gasteiger partial charge on any atom is 0.238 e. The highest BCUT2D eigenvalue weighted by molar-refractivity contribution is 7.89. The van der Waals surface area contributed by atoms with Crippen LogP contribution in [0, 0.1) is 0 Å². The van der Waals surface area contributed by atoms with Crippen molar-refractivity contribution in [3.63, 3.8) is 0 Å². The molecule has 114 valence electrons. The normalized spacial score (nSPS) is 13.2. The van der Waals surface area contributed by atoms with E-state index in [9.17, 15) is 8.42 Å². The molecule has 0 spiro atoms. The summed E-state index contributed by atoms with van der Waals surface area (Å²) in [6.07, 6.45) is 5.45. The number of imidazole rings is 1. The molecule has 1 unspecified atom stereocenters. The molecule has 7 heteroatoms. The molecule has 1 aromatic carbocycles. The number of benzene rings is 1. The molecule has 0 saturated heterocycles. The second-order valence-electron chi connectivity index (χ2n) is 4.93. The smallest absolute Gasteiger partial charge is 0.238 e. The predicted molar refractivity (Wildman–Crippen MR) is 81.1 cm³/mol. The van der Waals surface area contributed by atoms with Crippen molar-refractivity contribution in [2.75, 3.05) is 6.54 Å². The summed E-state index contributed by atoms with van der Waals surface area (Å²) in [6.45, 7) is 2.90. The van der Waals surface area contributed by atoms with E-state index < -0.39 is 10.0 Å². The van der Waals surface area contributed by atoms with Gasteiger partial charge in [0.05, 0.1) is 4.90 Å². The molecule has 0 amide bonds. The molecule has 1 aromatic heterocycles. The van der Waals surface area contributed by atoms with Crippen LogP contribution in [0.4, 0.5) is 0 Å². The van der Waals surface area contributed by atoms with Crippen LogP contribution >= 0.6 is 0 Å². The van der Waals surface area contributed by atoms with Crippen LogP contribution in [-0.4, -0.2) is 24.9 Å². The van der Waals surface area contributed by atoms with E-state index in [2.05, 4.69) is 15.3 Å². The molecule has 0 aliphatic heterocycles. The molecule has 0 bridgehead atoms. The van der Waals surface area contributed by atoms with Crippen molar-refractivity contribution >= 4 is 10.0 Å². The van der Waals surface area contributed by atoms with Crippen molar-refractivity contribution < 1.29 is 8.42 Å². The summed E-state index contributed by atoms with van der Waals surface area (Å²) in [6, 6.07) is 6.78. The molecule has 0 radical (unpaired) electrons. The third kappa shape index (κ3) is 4.66.